The zero-order chi connectivity index (χ0) is 12.1. The second-order valence-corrected chi connectivity index (χ2v) is 5.12. The molecule has 2 rings (SSSR count). The van der Waals surface area contributed by atoms with Gasteiger partial charge in [0.15, 0.2) is 0 Å². The molecule has 0 bridgehead atoms. The van der Waals surface area contributed by atoms with E-state index in [9.17, 15) is 0 Å². The van der Waals surface area contributed by atoms with E-state index in [2.05, 4.69) is 41.8 Å². The summed E-state index contributed by atoms with van der Waals surface area (Å²) in [6.45, 7) is 2.19. The van der Waals surface area contributed by atoms with Crippen molar-refractivity contribution in [2.45, 2.75) is 51.1 Å². The molecule has 0 amide bonds. The molecule has 1 aliphatic rings. The van der Waals surface area contributed by atoms with Crippen LogP contribution < -0.4 is 10.6 Å². The third-order valence-corrected chi connectivity index (χ3v) is 3.80. The molecule has 94 valence electrons. The van der Waals surface area contributed by atoms with E-state index >= 15 is 0 Å². The number of hydrogen-bond donors (Lipinski definition) is 2. The molecule has 2 N–H and O–H groups in total. The molecule has 0 heterocycles. The Balaban J connectivity index is 2.00. The van der Waals surface area contributed by atoms with Gasteiger partial charge in [-0.3, -0.25) is 0 Å². The summed E-state index contributed by atoms with van der Waals surface area (Å²) in [5.74, 6) is 0. The fourth-order valence-corrected chi connectivity index (χ4v) is 2.55. The molecule has 2 heteroatoms. The molecule has 1 aromatic carbocycles. The third kappa shape index (κ3) is 3.47. The lowest BCUT2D eigenvalue weighted by atomic mass is 9.95. The van der Waals surface area contributed by atoms with Crippen molar-refractivity contribution < 1.29 is 0 Å². The van der Waals surface area contributed by atoms with Gasteiger partial charge in [0.1, 0.15) is 0 Å². The second kappa shape index (κ2) is 6.06. The Hall–Kier alpha value is -1.02. The molecule has 1 fully saturated rings. The van der Waals surface area contributed by atoms with Crippen molar-refractivity contribution in [1.29, 1.82) is 0 Å². The minimum absolute atomic E-state index is 0.420. The molecular weight excluding hydrogens is 208 g/mol. The first kappa shape index (κ1) is 12.4. The Morgan fingerprint density at radius 1 is 1.18 bits per heavy atom. The summed E-state index contributed by atoms with van der Waals surface area (Å²) in [6, 6.07) is 9.89. The monoisotopic (exact) mass is 232 g/mol. The van der Waals surface area contributed by atoms with Crippen LogP contribution in [0.2, 0.25) is 0 Å². The van der Waals surface area contributed by atoms with E-state index < -0.39 is 0 Å². The van der Waals surface area contributed by atoms with Crippen LogP contribution in [0.15, 0.2) is 24.3 Å². The van der Waals surface area contributed by atoms with Crippen LogP contribution in [0.3, 0.4) is 0 Å². The average molecular weight is 232 g/mol. The highest BCUT2D eigenvalue weighted by atomic mass is 14.9. The standard InChI is InChI=1S/C15H24N2/c1-12(16-2)13-7-6-10-15(11-13)17-14-8-4-3-5-9-14/h6-7,10-12,14,16-17H,3-5,8-9H2,1-2H3. The minimum Gasteiger partial charge on any atom is -0.382 e. The topological polar surface area (TPSA) is 24.1 Å². The van der Waals surface area contributed by atoms with Crippen molar-refractivity contribution in [3.05, 3.63) is 29.8 Å². The second-order valence-electron chi connectivity index (χ2n) is 5.12. The number of anilines is 1. The molecule has 1 atom stereocenters. The van der Waals surface area contributed by atoms with E-state index in [1.807, 2.05) is 7.05 Å². The molecule has 0 saturated heterocycles. The van der Waals surface area contributed by atoms with Crippen LogP contribution >= 0.6 is 0 Å². The van der Waals surface area contributed by atoms with Gasteiger partial charge < -0.3 is 10.6 Å². The normalized spacial score (nSPS) is 18.9. The van der Waals surface area contributed by atoms with Gasteiger partial charge in [-0.15, -0.1) is 0 Å². The van der Waals surface area contributed by atoms with Gasteiger partial charge in [-0.05, 0) is 44.5 Å². The van der Waals surface area contributed by atoms with Crippen molar-refractivity contribution in [2.24, 2.45) is 0 Å². The average Bonchev–Trinajstić information content (AvgIpc) is 2.39. The van der Waals surface area contributed by atoms with Crippen LogP contribution in [-0.2, 0) is 0 Å². The molecule has 17 heavy (non-hydrogen) atoms. The van der Waals surface area contributed by atoms with E-state index in [0.29, 0.717) is 12.1 Å². The quantitative estimate of drug-likeness (QED) is 0.827. The van der Waals surface area contributed by atoms with Crippen LogP contribution in [-0.4, -0.2) is 13.1 Å². The maximum Gasteiger partial charge on any atom is 0.0345 e. The molecule has 1 aromatic rings. The Morgan fingerprint density at radius 3 is 2.65 bits per heavy atom. The Kier molecular flexibility index (Phi) is 4.43. The summed E-state index contributed by atoms with van der Waals surface area (Å²) in [5, 5.41) is 6.96. The number of benzene rings is 1. The number of rotatable bonds is 4. The summed E-state index contributed by atoms with van der Waals surface area (Å²) in [7, 11) is 2.01. The molecule has 1 saturated carbocycles. The largest absolute Gasteiger partial charge is 0.382 e. The first-order valence-corrected chi connectivity index (χ1v) is 6.83. The van der Waals surface area contributed by atoms with Gasteiger partial charge in [0.2, 0.25) is 0 Å². The van der Waals surface area contributed by atoms with Crippen LogP contribution in [0.25, 0.3) is 0 Å². The zero-order valence-corrected chi connectivity index (χ0v) is 11.0. The van der Waals surface area contributed by atoms with Crippen molar-refractivity contribution in [1.82, 2.24) is 5.32 Å². The first-order chi connectivity index (χ1) is 8.29. The molecule has 2 nitrogen and oxygen atoms in total. The summed E-state index contributed by atoms with van der Waals surface area (Å²) in [4.78, 5) is 0. The molecule has 0 aliphatic heterocycles. The lowest BCUT2D eigenvalue weighted by molar-refractivity contribution is 0.462. The maximum atomic E-state index is 3.67. The summed E-state index contributed by atoms with van der Waals surface area (Å²) in [5.41, 5.74) is 2.63. The van der Waals surface area contributed by atoms with E-state index in [-0.39, 0.29) is 0 Å². The van der Waals surface area contributed by atoms with Crippen LogP contribution in [0.1, 0.15) is 50.6 Å². The highest BCUT2D eigenvalue weighted by Gasteiger charge is 2.13. The summed E-state index contributed by atoms with van der Waals surface area (Å²) >= 11 is 0. The van der Waals surface area contributed by atoms with E-state index in [4.69, 9.17) is 0 Å². The Bertz CT molecular complexity index is 343. The molecule has 0 radical (unpaired) electrons. The van der Waals surface area contributed by atoms with Crippen LogP contribution in [0, 0.1) is 0 Å². The predicted molar refractivity (Wildman–Crippen MR) is 74.4 cm³/mol. The highest BCUT2D eigenvalue weighted by molar-refractivity contribution is 5.47. The van der Waals surface area contributed by atoms with Gasteiger partial charge in [-0.25, -0.2) is 0 Å². The van der Waals surface area contributed by atoms with Gasteiger partial charge in [0.05, 0.1) is 0 Å². The van der Waals surface area contributed by atoms with Gasteiger partial charge in [0, 0.05) is 17.8 Å². The number of hydrogen-bond acceptors (Lipinski definition) is 2. The fourth-order valence-electron chi connectivity index (χ4n) is 2.55. The van der Waals surface area contributed by atoms with E-state index in [1.54, 1.807) is 0 Å². The lowest BCUT2D eigenvalue weighted by Gasteiger charge is -2.24. The van der Waals surface area contributed by atoms with E-state index in [0.717, 1.165) is 0 Å². The molecule has 1 aliphatic carbocycles. The fraction of sp³-hybridized carbons (Fsp3) is 0.600. The molecule has 1 unspecified atom stereocenters. The van der Waals surface area contributed by atoms with Gasteiger partial charge in [0.25, 0.3) is 0 Å². The zero-order valence-electron chi connectivity index (χ0n) is 11.0. The van der Waals surface area contributed by atoms with E-state index in [1.165, 1.54) is 43.4 Å². The first-order valence-electron chi connectivity index (χ1n) is 6.83. The maximum absolute atomic E-state index is 3.67. The smallest absolute Gasteiger partial charge is 0.0345 e. The van der Waals surface area contributed by atoms with Gasteiger partial charge >= 0.3 is 0 Å². The third-order valence-electron chi connectivity index (χ3n) is 3.80. The van der Waals surface area contributed by atoms with Gasteiger partial charge in [-0.1, -0.05) is 31.4 Å². The predicted octanol–water partition coefficient (Wildman–Crippen LogP) is 3.71. The van der Waals surface area contributed by atoms with Crippen LogP contribution in [0.5, 0.6) is 0 Å². The van der Waals surface area contributed by atoms with Crippen molar-refractivity contribution in [2.75, 3.05) is 12.4 Å². The SMILES string of the molecule is CNC(C)c1cccc(NC2CCCCC2)c1. The highest BCUT2D eigenvalue weighted by Crippen LogP contribution is 2.23. The molecular formula is C15H24N2. The van der Waals surface area contributed by atoms with Crippen LogP contribution in [0.4, 0.5) is 5.69 Å². The minimum atomic E-state index is 0.420. The number of nitrogens with one attached hydrogen (secondary N) is 2. The van der Waals surface area contributed by atoms with Gasteiger partial charge in [-0.2, -0.15) is 0 Å². The Morgan fingerprint density at radius 2 is 1.94 bits per heavy atom. The summed E-state index contributed by atoms with van der Waals surface area (Å²) < 4.78 is 0. The molecule has 0 aromatic heterocycles. The summed E-state index contributed by atoms with van der Waals surface area (Å²) in [6.07, 6.45) is 6.82. The Labute approximate surface area is 105 Å². The van der Waals surface area contributed by atoms with Crippen molar-refractivity contribution in [3.8, 4) is 0 Å². The molecule has 0 spiro atoms. The van der Waals surface area contributed by atoms with Crippen molar-refractivity contribution >= 4 is 5.69 Å². The lowest BCUT2D eigenvalue weighted by Crippen LogP contribution is -2.22. The van der Waals surface area contributed by atoms with Crippen molar-refractivity contribution in [3.63, 3.8) is 0 Å².